The lowest BCUT2D eigenvalue weighted by atomic mass is 9.85. The van der Waals surface area contributed by atoms with Gasteiger partial charge in [0.1, 0.15) is 0 Å². The minimum Gasteiger partial charge on any atom is -0.392 e. The zero-order valence-electron chi connectivity index (χ0n) is 11.7. The molecule has 0 aromatic rings. The normalized spacial score (nSPS) is 27.7. The van der Waals surface area contributed by atoms with Gasteiger partial charge < -0.3 is 10.0 Å². The summed E-state index contributed by atoms with van der Waals surface area (Å²) in [5.74, 6) is 2.52. The van der Waals surface area contributed by atoms with Crippen molar-refractivity contribution in [3.05, 3.63) is 0 Å². The van der Waals surface area contributed by atoms with Gasteiger partial charge in [0.15, 0.2) is 0 Å². The Morgan fingerprint density at radius 3 is 1.89 bits per heavy atom. The first kappa shape index (κ1) is 12.9. The molecule has 3 fully saturated rings. The highest BCUT2D eigenvalue weighted by atomic mass is 16.3. The summed E-state index contributed by atoms with van der Waals surface area (Å²) in [6, 6.07) is 0. The summed E-state index contributed by atoms with van der Waals surface area (Å²) in [4.78, 5) is 2.59. The van der Waals surface area contributed by atoms with Crippen LogP contribution in [0.15, 0.2) is 0 Å². The fraction of sp³-hybridized carbons (Fsp3) is 1.00. The minimum atomic E-state index is -0.0530. The number of aliphatic hydroxyl groups is 1. The van der Waals surface area contributed by atoms with Crippen LogP contribution in [0.2, 0.25) is 0 Å². The summed E-state index contributed by atoms with van der Waals surface area (Å²) >= 11 is 0. The Labute approximate surface area is 112 Å². The summed E-state index contributed by atoms with van der Waals surface area (Å²) in [6.45, 7) is 3.48. The van der Waals surface area contributed by atoms with E-state index in [9.17, 15) is 5.11 Å². The molecule has 0 amide bonds. The van der Waals surface area contributed by atoms with Crippen LogP contribution in [0, 0.1) is 17.8 Å². The molecular weight excluding hydrogens is 222 g/mol. The molecule has 1 unspecified atom stereocenters. The third-order valence-corrected chi connectivity index (χ3v) is 5.07. The second kappa shape index (κ2) is 5.92. The standard InChI is InChI=1S/C16H29NO/c18-16(15-4-2-1-3-5-15)12-17(10-13-6-7-13)11-14-8-9-14/h13-16,18H,1-12H2. The van der Waals surface area contributed by atoms with Crippen molar-refractivity contribution in [3.8, 4) is 0 Å². The Morgan fingerprint density at radius 1 is 0.833 bits per heavy atom. The Kier molecular flexibility index (Phi) is 4.25. The van der Waals surface area contributed by atoms with E-state index in [0.29, 0.717) is 5.92 Å². The molecule has 0 aliphatic heterocycles. The van der Waals surface area contributed by atoms with Gasteiger partial charge in [-0.1, -0.05) is 19.3 Å². The van der Waals surface area contributed by atoms with Crippen molar-refractivity contribution in [3.63, 3.8) is 0 Å². The Balaban J connectivity index is 1.46. The Morgan fingerprint density at radius 2 is 1.39 bits per heavy atom. The average molecular weight is 251 g/mol. The van der Waals surface area contributed by atoms with Crippen LogP contribution in [0.4, 0.5) is 0 Å². The van der Waals surface area contributed by atoms with E-state index >= 15 is 0 Å². The van der Waals surface area contributed by atoms with Gasteiger partial charge in [-0.3, -0.25) is 0 Å². The minimum absolute atomic E-state index is 0.0530. The van der Waals surface area contributed by atoms with E-state index in [-0.39, 0.29) is 6.10 Å². The molecule has 104 valence electrons. The molecule has 0 aromatic heterocycles. The summed E-state index contributed by atoms with van der Waals surface area (Å²) in [7, 11) is 0. The lowest BCUT2D eigenvalue weighted by Gasteiger charge is -2.31. The number of rotatable bonds is 7. The molecule has 0 saturated heterocycles. The van der Waals surface area contributed by atoms with Gasteiger partial charge >= 0.3 is 0 Å². The quantitative estimate of drug-likeness (QED) is 0.752. The number of hydrogen-bond acceptors (Lipinski definition) is 2. The molecule has 3 rings (SSSR count). The first-order valence-corrected chi connectivity index (χ1v) is 8.21. The van der Waals surface area contributed by atoms with Gasteiger partial charge in [-0.15, -0.1) is 0 Å². The second-order valence-corrected chi connectivity index (χ2v) is 7.07. The molecule has 3 aliphatic rings. The molecule has 0 radical (unpaired) electrons. The maximum Gasteiger partial charge on any atom is 0.0695 e. The molecule has 1 N–H and O–H groups in total. The second-order valence-electron chi connectivity index (χ2n) is 7.07. The zero-order valence-corrected chi connectivity index (χ0v) is 11.7. The van der Waals surface area contributed by atoms with Crippen LogP contribution in [0.3, 0.4) is 0 Å². The Bertz CT molecular complexity index is 240. The monoisotopic (exact) mass is 251 g/mol. The highest BCUT2D eigenvalue weighted by Gasteiger charge is 2.31. The van der Waals surface area contributed by atoms with Crippen molar-refractivity contribution < 1.29 is 5.11 Å². The summed E-state index contributed by atoms with van der Waals surface area (Å²) in [5, 5.41) is 10.5. The van der Waals surface area contributed by atoms with Crippen LogP contribution in [0.25, 0.3) is 0 Å². The van der Waals surface area contributed by atoms with Crippen LogP contribution in [0.1, 0.15) is 57.8 Å². The topological polar surface area (TPSA) is 23.5 Å². The zero-order chi connectivity index (χ0) is 12.4. The number of aliphatic hydroxyl groups excluding tert-OH is 1. The van der Waals surface area contributed by atoms with Crippen LogP contribution in [-0.2, 0) is 0 Å². The lowest BCUT2D eigenvalue weighted by molar-refractivity contribution is 0.0447. The predicted octanol–water partition coefficient (Wildman–Crippen LogP) is 3.05. The van der Waals surface area contributed by atoms with Gasteiger partial charge in [0.05, 0.1) is 6.10 Å². The van der Waals surface area contributed by atoms with Crippen molar-refractivity contribution in [2.24, 2.45) is 17.8 Å². The van der Waals surface area contributed by atoms with E-state index in [2.05, 4.69) is 4.90 Å². The van der Waals surface area contributed by atoms with E-state index in [1.54, 1.807) is 0 Å². The molecule has 18 heavy (non-hydrogen) atoms. The number of hydrogen-bond donors (Lipinski definition) is 1. The summed E-state index contributed by atoms with van der Waals surface area (Å²) in [5.41, 5.74) is 0. The molecule has 0 heterocycles. The molecule has 0 aromatic carbocycles. The molecule has 0 bridgehead atoms. The highest BCUT2D eigenvalue weighted by Crippen LogP contribution is 2.34. The molecule has 3 saturated carbocycles. The highest BCUT2D eigenvalue weighted by molar-refractivity contribution is 4.84. The first-order valence-electron chi connectivity index (χ1n) is 8.21. The maximum absolute atomic E-state index is 10.5. The van der Waals surface area contributed by atoms with Crippen LogP contribution in [-0.4, -0.2) is 35.7 Å². The lowest BCUT2D eigenvalue weighted by Crippen LogP contribution is -2.39. The molecule has 3 aliphatic carbocycles. The third kappa shape index (κ3) is 3.96. The summed E-state index contributed by atoms with van der Waals surface area (Å²) < 4.78 is 0. The SMILES string of the molecule is OC(CN(CC1CC1)CC1CC1)C1CCCCC1. The van der Waals surface area contributed by atoms with E-state index in [1.807, 2.05) is 0 Å². The van der Waals surface area contributed by atoms with E-state index < -0.39 is 0 Å². The maximum atomic E-state index is 10.5. The van der Waals surface area contributed by atoms with Gasteiger partial charge in [0, 0.05) is 19.6 Å². The van der Waals surface area contributed by atoms with Crippen LogP contribution < -0.4 is 0 Å². The van der Waals surface area contributed by atoms with Crippen LogP contribution in [0.5, 0.6) is 0 Å². The van der Waals surface area contributed by atoms with Crippen molar-refractivity contribution in [1.82, 2.24) is 4.90 Å². The summed E-state index contributed by atoms with van der Waals surface area (Å²) in [6.07, 6.45) is 12.3. The van der Waals surface area contributed by atoms with Crippen LogP contribution >= 0.6 is 0 Å². The van der Waals surface area contributed by atoms with Crippen molar-refractivity contribution in [1.29, 1.82) is 0 Å². The van der Waals surface area contributed by atoms with Gasteiger partial charge in [0.2, 0.25) is 0 Å². The fourth-order valence-corrected chi connectivity index (χ4v) is 3.49. The van der Waals surface area contributed by atoms with Crippen molar-refractivity contribution >= 4 is 0 Å². The van der Waals surface area contributed by atoms with Gasteiger partial charge in [-0.2, -0.15) is 0 Å². The fourth-order valence-electron chi connectivity index (χ4n) is 3.49. The largest absolute Gasteiger partial charge is 0.392 e. The Hall–Kier alpha value is -0.0800. The van der Waals surface area contributed by atoms with Crippen molar-refractivity contribution in [2.45, 2.75) is 63.9 Å². The molecule has 2 nitrogen and oxygen atoms in total. The first-order chi connectivity index (χ1) is 8.81. The smallest absolute Gasteiger partial charge is 0.0695 e. The van der Waals surface area contributed by atoms with E-state index in [1.165, 1.54) is 70.9 Å². The third-order valence-electron chi connectivity index (χ3n) is 5.07. The average Bonchev–Trinajstić information content (AvgIpc) is 3.26. The number of nitrogens with zero attached hydrogens (tertiary/aromatic N) is 1. The predicted molar refractivity (Wildman–Crippen MR) is 74.5 cm³/mol. The van der Waals surface area contributed by atoms with Gasteiger partial charge in [-0.05, 0) is 56.3 Å². The van der Waals surface area contributed by atoms with Crippen molar-refractivity contribution in [2.75, 3.05) is 19.6 Å². The van der Waals surface area contributed by atoms with E-state index in [4.69, 9.17) is 0 Å². The molecular formula is C16H29NO. The van der Waals surface area contributed by atoms with E-state index in [0.717, 1.165) is 18.4 Å². The molecule has 1 atom stereocenters. The molecule has 2 heteroatoms. The molecule has 0 spiro atoms. The van der Waals surface area contributed by atoms with Gasteiger partial charge in [0.25, 0.3) is 0 Å². The van der Waals surface area contributed by atoms with Gasteiger partial charge in [-0.25, -0.2) is 0 Å².